The molecule has 6 nitrogen and oxygen atoms in total. The molecule has 0 saturated carbocycles. The van der Waals surface area contributed by atoms with Crippen LogP contribution < -0.4 is 5.32 Å². The van der Waals surface area contributed by atoms with Crippen molar-refractivity contribution in [3.05, 3.63) is 54.4 Å². The Morgan fingerprint density at radius 1 is 1.52 bits per heavy atom. The lowest BCUT2D eigenvalue weighted by molar-refractivity contribution is -0.385. The molecule has 1 amide bonds. The van der Waals surface area contributed by atoms with Gasteiger partial charge < -0.3 is 5.32 Å². The highest BCUT2D eigenvalue weighted by Gasteiger charge is 2.18. The van der Waals surface area contributed by atoms with Gasteiger partial charge in [-0.1, -0.05) is 0 Å². The number of nitro groups is 1. The van der Waals surface area contributed by atoms with Crippen LogP contribution in [0.1, 0.15) is 33.2 Å². The average Bonchev–Trinajstić information content (AvgIpc) is 2.85. The van der Waals surface area contributed by atoms with E-state index in [4.69, 9.17) is 0 Å². The first-order chi connectivity index (χ1) is 9.88. The standard InChI is InChI=1S/C13H12BrN3O3S/c1-7-6-15-13(21-7)8(2)16-12(18)9-3-4-10(14)11(5-9)17(19)20/h3-6,8H,1-2H3,(H,16,18). The molecule has 1 heterocycles. The zero-order valence-corrected chi connectivity index (χ0v) is 13.7. The molecular weight excluding hydrogens is 358 g/mol. The van der Waals surface area contributed by atoms with Crippen LogP contribution in [0.5, 0.6) is 0 Å². The number of nitro benzene ring substituents is 1. The van der Waals surface area contributed by atoms with Gasteiger partial charge in [0.05, 0.1) is 15.4 Å². The van der Waals surface area contributed by atoms with Crippen molar-refractivity contribution in [3.63, 3.8) is 0 Å². The molecule has 0 fully saturated rings. The zero-order chi connectivity index (χ0) is 15.6. The Morgan fingerprint density at radius 3 is 2.81 bits per heavy atom. The molecule has 0 spiro atoms. The molecule has 2 aromatic rings. The van der Waals surface area contributed by atoms with Crippen LogP contribution in [-0.4, -0.2) is 15.8 Å². The maximum absolute atomic E-state index is 12.1. The number of thiazole rings is 1. The summed E-state index contributed by atoms with van der Waals surface area (Å²) in [5, 5.41) is 14.5. The van der Waals surface area contributed by atoms with Crippen molar-refractivity contribution in [2.45, 2.75) is 19.9 Å². The van der Waals surface area contributed by atoms with Crippen molar-refractivity contribution in [3.8, 4) is 0 Å². The maximum Gasteiger partial charge on any atom is 0.284 e. The Hall–Kier alpha value is -1.80. The number of aryl methyl sites for hydroxylation is 1. The second kappa shape index (κ2) is 6.31. The Balaban J connectivity index is 2.17. The predicted molar refractivity (Wildman–Crippen MR) is 83.5 cm³/mol. The third-order valence-electron chi connectivity index (χ3n) is 2.76. The number of nitrogens with zero attached hydrogens (tertiary/aromatic N) is 2. The molecule has 0 saturated heterocycles. The highest BCUT2D eigenvalue weighted by Crippen LogP contribution is 2.26. The van der Waals surface area contributed by atoms with Crippen molar-refractivity contribution < 1.29 is 9.72 Å². The topological polar surface area (TPSA) is 85.1 Å². The van der Waals surface area contributed by atoms with Crippen LogP contribution >= 0.6 is 27.3 Å². The number of rotatable bonds is 4. The third kappa shape index (κ3) is 3.64. The lowest BCUT2D eigenvalue weighted by Crippen LogP contribution is -2.26. The molecule has 2 rings (SSSR count). The van der Waals surface area contributed by atoms with E-state index in [-0.39, 0.29) is 23.2 Å². The van der Waals surface area contributed by atoms with E-state index >= 15 is 0 Å². The number of nitrogens with one attached hydrogen (secondary N) is 1. The van der Waals surface area contributed by atoms with Crippen molar-refractivity contribution >= 4 is 38.9 Å². The van der Waals surface area contributed by atoms with Crippen LogP contribution in [0, 0.1) is 17.0 Å². The quantitative estimate of drug-likeness (QED) is 0.658. The van der Waals surface area contributed by atoms with Crippen molar-refractivity contribution in [1.82, 2.24) is 10.3 Å². The molecule has 21 heavy (non-hydrogen) atoms. The Kier molecular flexibility index (Phi) is 4.69. The fourth-order valence-corrected chi connectivity index (χ4v) is 2.88. The van der Waals surface area contributed by atoms with Gasteiger partial charge in [-0.2, -0.15) is 0 Å². The van der Waals surface area contributed by atoms with Gasteiger partial charge in [0.1, 0.15) is 5.01 Å². The highest BCUT2D eigenvalue weighted by atomic mass is 79.9. The van der Waals surface area contributed by atoms with E-state index < -0.39 is 4.92 Å². The maximum atomic E-state index is 12.1. The van der Waals surface area contributed by atoms with Crippen LogP contribution in [0.3, 0.4) is 0 Å². The molecule has 0 bridgehead atoms. The number of benzene rings is 1. The molecule has 1 atom stereocenters. The van der Waals surface area contributed by atoms with Gasteiger partial charge in [0.2, 0.25) is 0 Å². The predicted octanol–water partition coefficient (Wildman–Crippen LogP) is 3.61. The summed E-state index contributed by atoms with van der Waals surface area (Å²) >= 11 is 4.59. The van der Waals surface area contributed by atoms with E-state index in [1.807, 2.05) is 13.8 Å². The van der Waals surface area contributed by atoms with Crippen LogP contribution in [0.25, 0.3) is 0 Å². The molecule has 1 N–H and O–H groups in total. The van der Waals surface area contributed by atoms with Gasteiger partial charge >= 0.3 is 0 Å². The zero-order valence-electron chi connectivity index (χ0n) is 11.3. The molecule has 110 valence electrons. The van der Waals surface area contributed by atoms with E-state index in [0.29, 0.717) is 4.47 Å². The smallest absolute Gasteiger partial charge is 0.284 e. The van der Waals surface area contributed by atoms with Crippen LogP contribution in [0.15, 0.2) is 28.9 Å². The van der Waals surface area contributed by atoms with Gasteiger partial charge in [-0.15, -0.1) is 11.3 Å². The SMILES string of the molecule is Cc1cnc(C(C)NC(=O)c2ccc(Br)c([N+](=O)[O-])c2)s1. The summed E-state index contributed by atoms with van der Waals surface area (Å²) in [6, 6.07) is 4.02. The van der Waals surface area contributed by atoms with Gasteiger partial charge in [0, 0.05) is 22.7 Å². The third-order valence-corrected chi connectivity index (χ3v) is 4.53. The van der Waals surface area contributed by atoms with Gasteiger partial charge in [0.25, 0.3) is 11.6 Å². The lowest BCUT2D eigenvalue weighted by Gasteiger charge is -2.11. The summed E-state index contributed by atoms with van der Waals surface area (Å²) in [6.07, 6.45) is 1.74. The highest BCUT2D eigenvalue weighted by molar-refractivity contribution is 9.10. The summed E-state index contributed by atoms with van der Waals surface area (Å²) in [5.41, 5.74) is 0.102. The Bertz CT molecular complexity index is 702. The fraction of sp³-hybridized carbons (Fsp3) is 0.231. The van der Waals surface area contributed by atoms with Crippen LogP contribution in [0.2, 0.25) is 0 Å². The van der Waals surface area contributed by atoms with Crippen molar-refractivity contribution in [1.29, 1.82) is 0 Å². The number of halogens is 1. The molecule has 8 heteroatoms. The number of aromatic nitrogens is 1. The van der Waals surface area contributed by atoms with Gasteiger partial charge in [-0.3, -0.25) is 14.9 Å². The first-order valence-corrected chi connectivity index (χ1v) is 7.66. The molecule has 1 aromatic carbocycles. The minimum Gasteiger partial charge on any atom is -0.343 e. The van der Waals surface area contributed by atoms with E-state index in [9.17, 15) is 14.9 Å². The van der Waals surface area contributed by atoms with Crippen molar-refractivity contribution in [2.75, 3.05) is 0 Å². The minimum atomic E-state index is -0.533. The summed E-state index contributed by atoms with van der Waals surface area (Å²) in [7, 11) is 0. The number of hydrogen-bond donors (Lipinski definition) is 1. The molecule has 0 aliphatic rings. The second-order valence-electron chi connectivity index (χ2n) is 4.43. The first kappa shape index (κ1) is 15.6. The number of carbonyl (C=O) groups excluding carboxylic acids is 1. The lowest BCUT2D eigenvalue weighted by atomic mass is 10.2. The monoisotopic (exact) mass is 369 g/mol. The molecule has 0 aliphatic heterocycles. The van der Waals surface area contributed by atoms with Crippen LogP contribution in [0.4, 0.5) is 5.69 Å². The first-order valence-electron chi connectivity index (χ1n) is 6.05. The number of carbonyl (C=O) groups is 1. The van der Waals surface area contributed by atoms with Crippen molar-refractivity contribution in [2.24, 2.45) is 0 Å². The summed E-state index contributed by atoms with van der Waals surface area (Å²) in [6.45, 7) is 3.76. The molecule has 0 aliphatic carbocycles. The van der Waals surface area contributed by atoms with E-state index in [0.717, 1.165) is 9.88 Å². The summed E-state index contributed by atoms with van der Waals surface area (Å²) in [5.74, 6) is -0.369. The average molecular weight is 370 g/mol. The Morgan fingerprint density at radius 2 is 2.24 bits per heavy atom. The van der Waals surface area contributed by atoms with Gasteiger partial charge in [-0.25, -0.2) is 4.98 Å². The van der Waals surface area contributed by atoms with Gasteiger partial charge in [0.15, 0.2) is 0 Å². The second-order valence-corrected chi connectivity index (χ2v) is 6.55. The Labute approximate surface area is 133 Å². The number of amides is 1. The molecule has 1 aromatic heterocycles. The van der Waals surface area contributed by atoms with Crippen LogP contribution in [-0.2, 0) is 0 Å². The van der Waals surface area contributed by atoms with E-state index in [2.05, 4.69) is 26.2 Å². The fourth-order valence-electron chi connectivity index (χ4n) is 1.71. The molecular formula is C13H12BrN3O3S. The molecule has 0 radical (unpaired) electrons. The normalized spacial score (nSPS) is 12.0. The largest absolute Gasteiger partial charge is 0.343 e. The number of hydrogen-bond acceptors (Lipinski definition) is 5. The molecule has 1 unspecified atom stereocenters. The minimum absolute atomic E-state index is 0.139. The summed E-state index contributed by atoms with van der Waals surface area (Å²) in [4.78, 5) is 27.8. The summed E-state index contributed by atoms with van der Waals surface area (Å²) < 4.78 is 0.340. The van der Waals surface area contributed by atoms with E-state index in [1.165, 1.54) is 29.5 Å². The van der Waals surface area contributed by atoms with E-state index in [1.54, 1.807) is 6.20 Å². The van der Waals surface area contributed by atoms with Gasteiger partial charge in [-0.05, 0) is 41.9 Å².